The third-order valence-corrected chi connectivity index (χ3v) is 5.36. The summed E-state index contributed by atoms with van der Waals surface area (Å²) in [7, 11) is 0. The van der Waals surface area contributed by atoms with Crippen LogP contribution in [0.4, 0.5) is 4.39 Å². The van der Waals surface area contributed by atoms with Crippen molar-refractivity contribution in [3.8, 4) is 11.3 Å². The summed E-state index contributed by atoms with van der Waals surface area (Å²) in [4.78, 5) is 25.6. The summed E-state index contributed by atoms with van der Waals surface area (Å²) in [6.45, 7) is 3.43. The SMILES string of the molecule is CC(C)C(C(=O)O)N1C(=O)/C(=C/c2ccc(-c3ccccc3F)o2)SC1=S. The highest BCUT2D eigenvalue weighted by Gasteiger charge is 2.42. The number of aliphatic carboxylic acids is 1. The lowest BCUT2D eigenvalue weighted by Crippen LogP contribution is -2.47. The van der Waals surface area contributed by atoms with Gasteiger partial charge in [-0.2, -0.15) is 0 Å². The van der Waals surface area contributed by atoms with Crippen LogP contribution in [0, 0.1) is 11.7 Å². The van der Waals surface area contributed by atoms with E-state index < -0.39 is 23.7 Å². The Morgan fingerprint density at radius 2 is 2.00 bits per heavy atom. The van der Waals surface area contributed by atoms with Gasteiger partial charge in [0.05, 0.1) is 10.5 Å². The number of carbonyl (C=O) groups is 2. The Labute approximate surface area is 164 Å². The molecule has 0 aliphatic carbocycles. The Morgan fingerprint density at radius 1 is 1.30 bits per heavy atom. The smallest absolute Gasteiger partial charge is 0.327 e. The summed E-state index contributed by atoms with van der Waals surface area (Å²) in [5.74, 6) is -1.62. The summed E-state index contributed by atoms with van der Waals surface area (Å²) in [6, 6.07) is 8.41. The molecule has 1 aromatic heterocycles. The van der Waals surface area contributed by atoms with E-state index in [0.29, 0.717) is 17.1 Å². The fourth-order valence-electron chi connectivity index (χ4n) is 2.78. The van der Waals surface area contributed by atoms with Gasteiger partial charge in [0.25, 0.3) is 5.91 Å². The average Bonchev–Trinajstić information content (AvgIpc) is 3.15. The van der Waals surface area contributed by atoms with Crippen LogP contribution >= 0.6 is 24.0 Å². The van der Waals surface area contributed by atoms with Crippen molar-refractivity contribution < 1.29 is 23.5 Å². The van der Waals surface area contributed by atoms with E-state index in [1.165, 1.54) is 12.1 Å². The third-order valence-electron chi connectivity index (χ3n) is 4.03. The maximum atomic E-state index is 13.9. The van der Waals surface area contributed by atoms with Gasteiger partial charge in [0, 0.05) is 6.08 Å². The number of carboxylic acids is 1. The Kier molecular flexibility index (Phi) is 5.48. The van der Waals surface area contributed by atoms with Crippen LogP contribution < -0.4 is 0 Å². The van der Waals surface area contributed by atoms with Gasteiger partial charge in [-0.15, -0.1) is 0 Å². The molecular weight excluding hydrogens is 389 g/mol. The molecule has 1 saturated heterocycles. The number of halogens is 1. The molecule has 0 radical (unpaired) electrons. The lowest BCUT2D eigenvalue weighted by atomic mass is 10.0. The molecule has 5 nitrogen and oxygen atoms in total. The van der Waals surface area contributed by atoms with Crippen LogP contribution in [0.25, 0.3) is 17.4 Å². The fourth-order valence-corrected chi connectivity index (χ4v) is 4.09. The topological polar surface area (TPSA) is 70.8 Å². The van der Waals surface area contributed by atoms with Crippen molar-refractivity contribution in [2.75, 3.05) is 0 Å². The highest BCUT2D eigenvalue weighted by molar-refractivity contribution is 8.26. The molecule has 1 amide bonds. The lowest BCUT2D eigenvalue weighted by molar-refractivity contribution is -0.146. The van der Waals surface area contributed by atoms with E-state index in [0.717, 1.165) is 16.7 Å². The van der Waals surface area contributed by atoms with Crippen molar-refractivity contribution >= 4 is 46.3 Å². The van der Waals surface area contributed by atoms with Crippen molar-refractivity contribution in [1.82, 2.24) is 4.90 Å². The number of furan rings is 1. The molecule has 2 aromatic rings. The minimum Gasteiger partial charge on any atom is -0.480 e. The van der Waals surface area contributed by atoms with E-state index in [4.69, 9.17) is 16.6 Å². The van der Waals surface area contributed by atoms with Gasteiger partial charge in [-0.05, 0) is 30.2 Å². The maximum Gasteiger partial charge on any atom is 0.327 e. The molecular formula is C19H16FNO4S2. The number of amides is 1. The van der Waals surface area contributed by atoms with Gasteiger partial charge in [0.1, 0.15) is 27.7 Å². The monoisotopic (exact) mass is 405 g/mol. The number of nitrogens with zero attached hydrogens (tertiary/aromatic N) is 1. The number of thioether (sulfide) groups is 1. The molecule has 3 rings (SSSR count). The van der Waals surface area contributed by atoms with Crippen LogP contribution in [0.3, 0.4) is 0 Å². The second-order valence-corrected chi connectivity index (χ2v) is 7.94. The molecule has 0 spiro atoms. The summed E-state index contributed by atoms with van der Waals surface area (Å²) in [5.41, 5.74) is 0.315. The zero-order chi connectivity index (χ0) is 19.7. The molecule has 1 aromatic carbocycles. The summed E-state index contributed by atoms with van der Waals surface area (Å²) in [5, 5.41) is 9.43. The van der Waals surface area contributed by atoms with E-state index in [1.807, 2.05) is 0 Å². The second-order valence-electron chi connectivity index (χ2n) is 6.26. The van der Waals surface area contributed by atoms with Crippen molar-refractivity contribution in [3.05, 3.63) is 52.9 Å². The summed E-state index contributed by atoms with van der Waals surface area (Å²) >= 11 is 6.23. The number of benzene rings is 1. The summed E-state index contributed by atoms with van der Waals surface area (Å²) in [6.07, 6.45) is 1.49. The van der Waals surface area contributed by atoms with Crippen molar-refractivity contribution in [2.24, 2.45) is 5.92 Å². The van der Waals surface area contributed by atoms with E-state index >= 15 is 0 Å². The lowest BCUT2D eigenvalue weighted by Gasteiger charge is -2.26. The molecule has 0 bridgehead atoms. The standard InChI is InChI=1S/C19H16FNO4S2/c1-10(2)16(18(23)24)21-17(22)15(27-19(21)26)9-11-7-8-14(25-11)12-5-3-4-6-13(12)20/h3-10,16H,1-2H3,(H,23,24)/b15-9-. The predicted molar refractivity (Wildman–Crippen MR) is 105 cm³/mol. The Hall–Kier alpha value is -2.45. The Morgan fingerprint density at radius 3 is 2.63 bits per heavy atom. The van der Waals surface area contributed by atoms with Gasteiger partial charge in [0.15, 0.2) is 0 Å². The zero-order valence-corrected chi connectivity index (χ0v) is 16.1. The van der Waals surface area contributed by atoms with Gasteiger partial charge < -0.3 is 9.52 Å². The number of thiocarbonyl (C=S) groups is 1. The van der Waals surface area contributed by atoms with Gasteiger partial charge in [-0.3, -0.25) is 9.69 Å². The maximum absolute atomic E-state index is 13.9. The Balaban J connectivity index is 1.89. The highest BCUT2D eigenvalue weighted by Crippen LogP contribution is 2.36. The molecule has 1 aliphatic heterocycles. The molecule has 1 N–H and O–H groups in total. The molecule has 27 heavy (non-hydrogen) atoms. The molecule has 2 heterocycles. The molecule has 1 fully saturated rings. The van der Waals surface area contributed by atoms with Crippen molar-refractivity contribution in [1.29, 1.82) is 0 Å². The number of carbonyl (C=O) groups excluding carboxylic acids is 1. The van der Waals surface area contributed by atoms with Gasteiger partial charge >= 0.3 is 5.97 Å². The van der Waals surface area contributed by atoms with Crippen LogP contribution in [0.15, 0.2) is 45.7 Å². The third kappa shape index (κ3) is 3.81. The minimum absolute atomic E-state index is 0.188. The van der Waals surface area contributed by atoms with Crippen molar-refractivity contribution in [3.63, 3.8) is 0 Å². The van der Waals surface area contributed by atoms with Crippen LogP contribution in [0.2, 0.25) is 0 Å². The van der Waals surface area contributed by atoms with Crippen molar-refractivity contribution in [2.45, 2.75) is 19.9 Å². The fraction of sp³-hybridized carbons (Fsp3) is 0.211. The second kappa shape index (κ2) is 7.66. The molecule has 1 atom stereocenters. The van der Waals surface area contributed by atoms with E-state index in [9.17, 15) is 19.1 Å². The zero-order valence-electron chi connectivity index (χ0n) is 14.5. The summed E-state index contributed by atoms with van der Waals surface area (Å²) < 4.78 is 19.7. The first kappa shape index (κ1) is 19.3. The highest BCUT2D eigenvalue weighted by atomic mass is 32.2. The van der Waals surface area contributed by atoms with Crippen LogP contribution in [0.1, 0.15) is 19.6 Å². The molecule has 1 unspecified atom stereocenters. The first-order valence-electron chi connectivity index (χ1n) is 8.14. The van der Waals surface area contributed by atoms with E-state index in [2.05, 4.69) is 0 Å². The van der Waals surface area contributed by atoms with Gasteiger partial charge in [0.2, 0.25) is 0 Å². The van der Waals surface area contributed by atoms with Crippen LogP contribution in [-0.4, -0.2) is 32.2 Å². The van der Waals surface area contributed by atoms with Gasteiger partial charge in [-0.25, -0.2) is 9.18 Å². The number of hydrogen-bond donors (Lipinski definition) is 1. The molecule has 0 saturated carbocycles. The molecule has 1 aliphatic rings. The first-order valence-corrected chi connectivity index (χ1v) is 9.36. The molecule has 140 valence electrons. The van der Waals surface area contributed by atoms with E-state index in [-0.39, 0.29) is 15.1 Å². The van der Waals surface area contributed by atoms with Gasteiger partial charge in [-0.1, -0.05) is 50.0 Å². The van der Waals surface area contributed by atoms with Crippen LogP contribution in [0.5, 0.6) is 0 Å². The predicted octanol–water partition coefficient (Wildman–Crippen LogP) is 4.40. The number of hydrogen-bond acceptors (Lipinski definition) is 5. The minimum atomic E-state index is -1.11. The quantitative estimate of drug-likeness (QED) is 0.587. The van der Waals surface area contributed by atoms with Crippen LogP contribution in [-0.2, 0) is 9.59 Å². The van der Waals surface area contributed by atoms with E-state index in [1.54, 1.807) is 44.2 Å². The Bertz CT molecular complexity index is 951. The molecule has 8 heteroatoms. The number of carboxylic acid groups (broad SMARTS) is 1. The normalized spacial score (nSPS) is 17.2. The number of rotatable bonds is 5. The largest absolute Gasteiger partial charge is 0.480 e. The average molecular weight is 405 g/mol. The first-order chi connectivity index (χ1) is 12.8.